The number of nitro benzene ring substituents is 1. The fraction of sp³-hybridized carbons (Fsp3) is 0.182. The van der Waals surface area contributed by atoms with Gasteiger partial charge in [-0.25, -0.2) is 13.4 Å². The molecule has 7 nitrogen and oxygen atoms in total. The number of nitrogens with two attached hydrogens (primary N) is 1. The van der Waals surface area contributed by atoms with Gasteiger partial charge in [0.15, 0.2) is 15.0 Å². The third-order valence-electron chi connectivity index (χ3n) is 2.61. The van der Waals surface area contributed by atoms with E-state index < -0.39 is 14.8 Å². The molecule has 106 valence electrons. The van der Waals surface area contributed by atoms with E-state index in [1.165, 1.54) is 25.1 Å². The van der Waals surface area contributed by atoms with Crippen molar-refractivity contribution in [3.05, 3.63) is 34.4 Å². The van der Waals surface area contributed by atoms with Crippen LogP contribution in [-0.4, -0.2) is 24.1 Å². The molecule has 0 aliphatic heterocycles. The summed E-state index contributed by atoms with van der Waals surface area (Å²) in [7, 11) is -3.48. The molecule has 0 amide bonds. The second-order valence-corrected chi connectivity index (χ2v) is 7.40. The molecule has 1 aromatic heterocycles. The fourth-order valence-electron chi connectivity index (χ4n) is 1.61. The van der Waals surface area contributed by atoms with Crippen LogP contribution in [0.2, 0.25) is 0 Å². The van der Waals surface area contributed by atoms with Gasteiger partial charge >= 0.3 is 0 Å². The Morgan fingerprint density at radius 1 is 1.45 bits per heavy atom. The average Bonchev–Trinajstić information content (AvgIpc) is 2.82. The first-order valence-corrected chi connectivity index (χ1v) is 8.06. The lowest BCUT2D eigenvalue weighted by molar-refractivity contribution is -0.384. The van der Waals surface area contributed by atoms with Gasteiger partial charge in [-0.15, -0.1) is 0 Å². The van der Waals surface area contributed by atoms with Crippen LogP contribution in [0.25, 0.3) is 11.3 Å². The highest BCUT2D eigenvalue weighted by Crippen LogP contribution is 2.35. The molecular weight excluding hydrogens is 302 g/mol. The van der Waals surface area contributed by atoms with Crippen LogP contribution in [0.15, 0.2) is 28.5 Å². The van der Waals surface area contributed by atoms with Gasteiger partial charge in [0.05, 0.1) is 10.7 Å². The minimum absolute atomic E-state index is 0.0398. The standard InChI is InChI=1S/C11H11N3O4S2/c1-2-20(17,18)10-9(13-11(12)19-10)7-4-3-5-8(6-7)14(15)16/h3-6H,2H2,1H3,(H2,12,13). The van der Waals surface area contributed by atoms with Crippen molar-refractivity contribution in [2.45, 2.75) is 11.1 Å². The summed E-state index contributed by atoms with van der Waals surface area (Å²) < 4.78 is 24.1. The van der Waals surface area contributed by atoms with Gasteiger partial charge in [-0.1, -0.05) is 30.4 Å². The smallest absolute Gasteiger partial charge is 0.270 e. The lowest BCUT2D eigenvalue weighted by Gasteiger charge is -2.02. The van der Waals surface area contributed by atoms with Crippen molar-refractivity contribution in [3.63, 3.8) is 0 Å². The molecule has 2 aromatic rings. The van der Waals surface area contributed by atoms with Crippen molar-refractivity contribution in [3.8, 4) is 11.3 Å². The second kappa shape index (κ2) is 5.17. The van der Waals surface area contributed by atoms with Gasteiger partial charge < -0.3 is 5.73 Å². The van der Waals surface area contributed by atoms with Crippen LogP contribution in [-0.2, 0) is 9.84 Å². The molecule has 0 radical (unpaired) electrons. The number of nitrogens with zero attached hydrogens (tertiary/aromatic N) is 2. The van der Waals surface area contributed by atoms with Gasteiger partial charge in [-0.2, -0.15) is 0 Å². The van der Waals surface area contributed by atoms with E-state index in [-0.39, 0.29) is 26.5 Å². The first kappa shape index (κ1) is 14.4. The zero-order valence-electron chi connectivity index (χ0n) is 10.4. The first-order valence-electron chi connectivity index (χ1n) is 5.59. The molecule has 0 aliphatic carbocycles. The summed E-state index contributed by atoms with van der Waals surface area (Å²) in [6.07, 6.45) is 0. The Hall–Kier alpha value is -2.00. The van der Waals surface area contributed by atoms with Gasteiger partial charge in [-0.05, 0) is 0 Å². The van der Waals surface area contributed by atoms with Crippen molar-refractivity contribution >= 4 is 32.0 Å². The molecule has 20 heavy (non-hydrogen) atoms. The summed E-state index contributed by atoms with van der Waals surface area (Å²) in [5.41, 5.74) is 5.97. The molecule has 0 aliphatic rings. The SMILES string of the molecule is CCS(=O)(=O)c1sc(N)nc1-c1cccc([N+](=O)[O-])c1. The number of sulfone groups is 1. The number of nitro groups is 1. The molecule has 1 heterocycles. The zero-order valence-corrected chi connectivity index (χ0v) is 12.1. The van der Waals surface area contributed by atoms with Crippen LogP contribution in [0, 0.1) is 10.1 Å². The number of aromatic nitrogens is 1. The summed E-state index contributed by atoms with van der Waals surface area (Å²) in [5.74, 6) is -0.0867. The lowest BCUT2D eigenvalue weighted by Crippen LogP contribution is -2.03. The highest BCUT2D eigenvalue weighted by atomic mass is 32.2. The maximum Gasteiger partial charge on any atom is 0.270 e. The second-order valence-electron chi connectivity index (χ2n) is 3.90. The highest BCUT2D eigenvalue weighted by Gasteiger charge is 2.23. The minimum Gasteiger partial charge on any atom is -0.375 e. The number of nitrogen functional groups attached to an aromatic ring is 1. The maximum atomic E-state index is 12.0. The van der Waals surface area contributed by atoms with Crippen molar-refractivity contribution < 1.29 is 13.3 Å². The van der Waals surface area contributed by atoms with E-state index in [9.17, 15) is 18.5 Å². The Morgan fingerprint density at radius 3 is 2.75 bits per heavy atom. The van der Waals surface area contributed by atoms with E-state index >= 15 is 0 Å². The molecule has 0 unspecified atom stereocenters. The van der Waals surface area contributed by atoms with Crippen LogP contribution in [0.5, 0.6) is 0 Å². The molecule has 0 saturated carbocycles. The molecule has 0 atom stereocenters. The van der Waals surface area contributed by atoms with E-state index in [0.29, 0.717) is 5.56 Å². The Labute approximate surface area is 119 Å². The quantitative estimate of drug-likeness (QED) is 0.682. The van der Waals surface area contributed by atoms with E-state index in [4.69, 9.17) is 5.73 Å². The third-order valence-corrected chi connectivity index (χ3v) is 5.81. The van der Waals surface area contributed by atoms with E-state index in [2.05, 4.69) is 4.98 Å². The third kappa shape index (κ3) is 2.63. The first-order chi connectivity index (χ1) is 9.35. The summed E-state index contributed by atoms with van der Waals surface area (Å²) in [4.78, 5) is 14.2. The average molecular weight is 313 g/mol. The number of thiazole rings is 1. The van der Waals surface area contributed by atoms with Gasteiger partial charge in [0, 0.05) is 17.7 Å². The molecule has 0 bridgehead atoms. The normalized spacial score (nSPS) is 11.4. The number of hydrogen-bond acceptors (Lipinski definition) is 7. The summed E-state index contributed by atoms with van der Waals surface area (Å²) in [5, 5.41) is 10.9. The molecule has 0 fully saturated rings. The Bertz CT molecular complexity index is 768. The molecule has 2 N–H and O–H groups in total. The van der Waals surface area contributed by atoms with E-state index in [1.54, 1.807) is 6.07 Å². The van der Waals surface area contributed by atoms with Crippen LogP contribution in [0.3, 0.4) is 0 Å². The predicted octanol–water partition coefficient (Wildman–Crippen LogP) is 2.09. The topological polar surface area (TPSA) is 116 Å². The van der Waals surface area contributed by atoms with Crippen molar-refractivity contribution in [1.82, 2.24) is 4.98 Å². The van der Waals surface area contributed by atoms with Crippen LogP contribution in [0.4, 0.5) is 10.8 Å². The highest BCUT2D eigenvalue weighted by molar-refractivity contribution is 7.93. The number of benzene rings is 1. The lowest BCUT2D eigenvalue weighted by atomic mass is 10.1. The summed E-state index contributed by atoms with van der Waals surface area (Å²) in [6, 6.07) is 5.65. The predicted molar refractivity (Wildman–Crippen MR) is 76.3 cm³/mol. The van der Waals surface area contributed by atoms with E-state index in [1.807, 2.05) is 0 Å². The maximum absolute atomic E-state index is 12.0. The number of anilines is 1. The molecule has 0 spiro atoms. The van der Waals surface area contributed by atoms with Crippen LogP contribution in [0.1, 0.15) is 6.92 Å². The van der Waals surface area contributed by atoms with Crippen molar-refractivity contribution in [1.29, 1.82) is 0 Å². The Kier molecular flexibility index (Phi) is 3.73. The van der Waals surface area contributed by atoms with Crippen LogP contribution < -0.4 is 5.73 Å². The molecule has 0 saturated heterocycles. The molecule has 2 rings (SSSR count). The largest absolute Gasteiger partial charge is 0.375 e. The van der Waals surface area contributed by atoms with Crippen LogP contribution >= 0.6 is 11.3 Å². The Balaban J connectivity index is 2.65. The van der Waals surface area contributed by atoms with Crippen molar-refractivity contribution in [2.75, 3.05) is 11.5 Å². The monoisotopic (exact) mass is 313 g/mol. The molecular formula is C11H11N3O4S2. The van der Waals surface area contributed by atoms with Gasteiger partial charge in [0.1, 0.15) is 9.90 Å². The molecule has 1 aromatic carbocycles. The Morgan fingerprint density at radius 2 is 2.15 bits per heavy atom. The number of hydrogen-bond donors (Lipinski definition) is 1. The summed E-state index contributed by atoms with van der Waals surface area (Å²) >= 11 is 0.864. The summed E-state index contributed by atoms with van der Waals surface area (Å²) in [6.45, 7) is 1.52. The minimum atomic E-state index is -3.48. The van der Waals surface area contributed by atoms with Gasteiger partial charge in [-0.3, -0.25) is 10.1 Å². The fourth-order valence-corrected chi connectivity index (χ4v) is 4.04. The van der Waals surface area contributed by atoms with E-state index in [0.717, 1.165) is 11.3 Å². The van der Waals surface area contributed by atoms with Crippen molar-refractivity contribution in [2.24, 2.45) is 0 Å². The molecule has 9 heteroatoms. The van der Waals surface area contributed by atoms with Gasteiger partial charge in [0.25, 0.3) is 5.69 Å². The number of non-ortho nitro benzene ring substituents is 1. The number of rotatable bonds is 4. The van der Waals surface area contributed by atoms with Gasteiger partial charge in [0.2, 0.25) is 0 Å². The zero-order chi connectivity index (χ0) is 14.9.